The Labute approximate surface area is 84.1 Å². The van der Waals surface area contributed by atoms with Crippen LogP contribution in [0.25, 0.3) is 11.0 Å². The van der Waals surface area contributed by atoms with Gasteiger partial charge in [0.1, 0.15) is 5.82 Å². The first kappa shape index (κ1) is 9.40. The van der Waals surface area contributed by atoms with Crippen molar-refractivity contribution in [3.8, 4) is 0 Å². The topological polar surface area (TPSA) is 17.8 Å². The lowest BCUT2D eigenvalue weighted by atomic mass is 10.3. The fourth-order valence-electron chi connectivity index (χ4n) is 1.36. The van der Waals surface area contributed by atoms with Crippen molar-refractivity contribution in [3.05, 3.63) is 29.6 Å². The maximum Gasteiger partial charge on any atom is 0.161 e. The van der Waals surface area contributed by atoms with E-state index in [1.165, 1.54) is 0 Å². The number of aromatic nitrogens is 2. The highest BCUT2D eigenvalue weighted by atomic mass is 35.5. The average molecular weight is 217 g/mol. The highest BCUT2D eigenvalue weighted by Crippen LogP contribution is 2.19. The van der Waals surface area contributed by atoms with Crippen molar-refractivity contribution < 1.29 is 8.78 Å². The highest BCUT2D eigenvalue weighted by molar-refractivity contribution is 6.16. The minimum Gasteiger partial charge on any atom is -0.330 e. The standard InChI is InChI=1S/C9H7ClF2N2/c1-14-8-3-6(12)5(11)2-7(8)13-9(14)4-10/h2-3H,4H2,1H3. The van der Waals surface area contributed by atoms with E-state index in [0.29, 0.717) is 16.9 Å². The lowest BCUT2D eigenvalue weighted by Gasteiger charge is -1.97. The molecule has 14 heavy (non-hydrogen) atoms. The molecule has 0 saturated carbocycles. The summed E-state index contributed by atoms with van der Waals surface area (Å²) >= 11 is 5.61. The molecule has 2 aromatic rings. The molecule has 1 heterocycles. The maximum absolute atomic E-state index is 12.9. The first-order chi connectivity index (χ1) is 6.63. The van der Waals surface area contributed by atoms with Gasteiger partial charge in [-0.2, -0.15) is 0 Å². The molecule has 0 atom stereocenters. The molecule has 0 amide bonds. The number of hydrogen-bond donors (Lipinski definition) is 0. The Morgan fingerprint density at radius 3 is 2.64 bits per heavy atom. The van der Waals surface area contributed by atoms with Crippen LogP contribution < -0.4 is 0 Å². The van der Waals surface area contributed by atoms with Gasteiger partial charge >= 0.3 is 0 Å². The summed E-state index contributed by atoms with van der Waals surface area (Å²) in [4.78, 5) is 4.06. The van der Waals surface area contributed by atoms with E-state index in [0.717, 1.165) is 12.1 Å². The van der Waals surface area contributed by atoms with Gasteiger partial charge in [0.2, 0.25) is 0 Å². The van der Waals surface area contributed by atoms with E-state index in [-0.39, 0.29) is 5.88 Å². The smallest absolute Gasteiger partial charge is 0.161 e. The Morgan fingerprint density at radius 2 is 2.00 bits per heavy atom. The van der Waals surface area contributed by atoms with Crippen molar-refractivity contribution >= 4 is 22.6 Å². The SMILES string of the molecule is Cn1c(CCl)nc2cc(F)c(F)cc21. The Balaban J connectivity index is 2.80. The van der Waals surface area contributed by atoms with Crippen LogP contribution in [-0.4, -0.2) is 9.55 Å². The predicted molar refractivity (Wildman–Crippen MR) is 50.2 cm³/mol. The van der Waals surface area contributed by atoms with E-state index in [9.17, 15) is 8.78 Å². The minimum absolute atomic E-state index is 0.217. The maximum atomic E-state index is 12.9. The van der Waals surface area contributed by atoms with Gasteiger partial charge in [-0.05, 0) is 0 Å². The number of nitrogens with zero attached hydrogens (tertiary/aromatic N) is 2. The van der Waals surface area contributed by atoms with Crippen molar-refractivity contribution in [3.63, 3.8) is 0 Å². The molecule has 0 unspecified atom stereocenters. The molecular weight excluding hydrogens is 210 g/mol. The number of imidazole rings is 1. The summed E-state index contributed by atoms with van der Waals surface area (Å²) in [6.45, 7) is 0. The Kier molecular flexibility index (Phi) is 2.15. The van der Waals surface area contributed by atoms with Crippen LogP contribution in [0.4, 0.5) is 8.78 Å². The summed E-state index contributed by atoms with van der Waals surface area (Å²) in [5.74, 6) is -0.959. The molecule has 0 saturated heterocycles. The molecule has 0 N–H and O–H groups in total. The van der Waals surface area contributed by atoms with Crippen molar-refractivity contribution in [1.82, 2.24) is 9.55 Å². The number of rotatable bonds is 1. The van der Waals surface area contributed by atoms with Gasteiger partial charge in [-0.25, -0.2) is 13.8 Å². The lowest BCUT2D eigenvalue weighted by Crippen LogP contribution is -1.94. The summed E-state index contributed by atoms with van der Waals surface area (Å²) in [6, 6.07) is 2.19. The monoisotopic (exact) mass is 216 g/mol. The largest absolute Gasteiger partial charge is 0.330 e. The van der Waals surface area contributed by atoms with Gasteiger partial charge in [-0.3, -0.25) is 0 Å². The number of halogens is 3. The van der Waals surface area contributed by atoms with E-state index in [2.05, 4.69) is 4.98 Å². The van der Waals surface area contributed by atoms with Gasteiger partial charge in [0.05, 0.1) is 16.9 Å². The number of benzene rings is 1. The number of aryl methyl sites for hydroxylation is 1. The van der Waals surface area contributed by atoms with E-state index in [1.54, 1.807) is 11.6 Å². The molecule has 1 aromatic heterocycles. The molecule has 0 aliphatic rings. The van der Waals surface area contributed by atoms with Crippen molar-refractivity contribution in [2.75, 3.05) is 0 Å². The first-order valence-corrected chi connectivity index (χ1v) is 4.53. The van der Waals surface area contributed by atoms with Crippen LogP contribution in [0.1, 0.15) is 5.82 Å². The van der Waals surface area contributed by atoms with Gasteiger partial charge in [0.15, 0.2) is 11.6 Å². The molecule has 74 valence electrons. The summed E-state index contributed by atoms with van der Waals surface area (Å²) in [7, 11) is 1.71. The number of hydrogen-bond acceptors (Lipinski definition) is 1. The second-order valence-corrected chi connectivity index (χ2v) is 3.24. The van der Waals surface area contributed by atoms with Crippen LogP contribution in [0.15, 0.2) is 12.1 Å². The minimum atomic E-state index is -0.892. The van der Waals surface area contributed by atoms with E-state index in [1.807, 2.05) is 0 Å². The fraction of sp³-hybridized carbons (Fsp3) is 0.222. The second kappa shape index (κ2) is 3.20. The van der Waals surface area contributed by atoms with Crippen molar-refractivity contribution in [2.24, 2.45) is 7.05 Å². The number of fused-ring (bicyclic) bond motifs is 1. The molecule has 2 rings (SSSR count). The molecule has 0 aliphatic carbocycles. The summed E-state index contributed by atoms with van der Waals surface area (Å²) in [5, 5.41) is 0. The van der Waals surface area contributed by atoms with E-state index < -0.39 is 11.6 Å². The molecule has 2 nitrogen and oxygen atoms in total. The molecule has 0 fully saturated rings. The summed E-state index contributed by atoms with van der Waals surface area (Å²) in [6.07, 6.45) is 0. The molecule has 0 radical (unpaired) electrons. The van der Waals surface area contributed by atoms with Crippen molar-refractivity contribution in [2.45, 2.75) is 5.88 Å². The van der Waals surface area contributed by atoms with Gasteiger partial charge in [-0.1, -0.05) is 0 Å². The average Bonchev–Trinajstić information content (AvgIpc) is 2.45. The van der Waals surface area contributed by atoms with Crippen LogP contribution in [0.5, 0.6) is 0 Å². The zero-order valence-electron chi connectivity index (χ0n) is 7.39. The van der Waals surface area contributed by atoms with E-state index in [4.69, 9.17) is 11.6 Å². The number of alkyl halides is 1. The first-order valence-electron chi connectivity index (χ1n) is 4.00. The highest BCUT2D eigenvalue weighted by Gasteiger charge is 2.10. The van der Waals surface area contributed by atoms with E-state index >= 15 is 0 Å². The summed E-state index contributed by atoms with van der Waals surface area (Å²) in [5.41, 5.74) is 0.960. The van der Waals surface area contributed by atoms with Gasteiger partial charge in [-0.15, -0.1) is 11.6 Å². The molecule has 0 aliphatic heterocycles. The zero-order valence-corrected chi connectivity index (χ0v) is 8.15. The van der Waals surface area contributed by atoms with Gasteiger partial charge in [0, 0.05) is 19.2 Å². The van der Waals surface area contributed by atoms with Crippen LogP contribution in [0.3, 0.4) is 0 Å². The quantitative estimate of drug-likeness (QED) is 0.670. The summed E-state index contributed by atoms with van der Waals surface area (Å²) < 4.78 is 27.4. The molecule has 1 aromatic carbocycles. The lowest BCUT2D eigenvalue weighted by molar-refractivity contribution is 0.510. The Bertz CT molecular complexity index is 493. The Morgan fingerprint density at radius 1 is 1.36 bits per heavy atom. The zero-order chi connectivity index (χ0) is 10.3. The third-order valence-electron chi connectivity index (χ3n) is 2.14. The van der Waals surface area contributed by atoms with Crippen LogP contribution >= 0.6 is 11.6 Å². The third-order valence-corrected chi connectivity index (χ3v) is 2.37. The van der Waals surface area contributed by atoms with Crippen LogP contribution in [0.2, 0.25) is 0 Å². The predicted octanol–water partition coefficient (Wildman–Crippen LogP) is 2.59. The van der Waals surface area contributed by atoms with Gasteiger partial charge in [0.25, 0.3) is 0 Å². The Hall–Kier alpha value is -1.16. The van der Waals surface area contributed by atoms with Crippen molar-refractivity contribution in [1.29, 1.82) is 0 Å². The molecule has 0 bridgehead atoms. The van der Waals surface area contributed by atoms with Crippen LogP contribution in [-0.2, 0) is 12.9 Å². The third kappa shape index (κ3) is 1.26. The molecule has 5 heteroatoms. The van der Waals surface area contributed by atoms with Gasteiger partial charge < -0.3 is 4.57 Å². The van der Waals surface area contributed by atoms with Crippen LogP contribution in [0, 0.1) is 11.6 Å². The normalized spacial score (nSPS) is 11.1. The second-order valence-electron chi connectivity index (χ2n) is 2.98. The molecule has 0 spiro atoms. The molecular formula is C9H7ClF2N2. The fourth-order valence-corrected chi connectivity index (χ4v) is 1.60.